The van der Waals surface area contributed by atoms with Gasteiger partial charge in [0.2, 0.25) is 0 Å². The molecule has 540 valence electrons. The quantitative estimate of drug-likeness (QED) is 0.0222. The van der Waals surface area contributed by atoms with Crippen LogP contribution in [-0.4, -0.2) is 96.7 Å². The molecule has 0 aliphatic heterocycles. The van der Waals surface area contributed by atoms with Crippen LogP contribution in [0.4, 0.5) is 0 Å². The van der Waals surface area contributed by atoms with Gasteiger partial charge in [-0.25, -0.2) is 9.13 Å². The number of aliphatic hydroxyl groups excluding tert-OH is 1. The molecule has 0 radical (unpaired) electrons. The van der Waals surface area contributed by atoms with Gasteiger partial charge in [-0.15, -0.1) is 0 Å². The van der Waals surface area contributed by atoms with Gasteiger partial charge in [0.25, 0.3) is 0 Å². The summed E-state index contributed by atoms with van der Waals surface area (Å²) in [5.41, 5.74) is 0. The van der Waals surface area contributed by atoms with Crippen LogP contribution in [0.5, 0.6) is 0 Å². The second-order valence-electron chi connectivity index (χ2n) is 26.9. The molecule has 0 spiro atoms. The van der Waals surface area contributed by atoms with Crippen LogP contribution >= 0.6 is 15.6 Å². The summed E-state index contributed by atoms with van der Waals surface area (Å²) in [4.78, 5) is 72.3. The van der Waals surface area contributed by atoms with Crippen molar-refractivity contribution < 1.29 is 80.2 Å². The lowest BCUT2D eigenvalue weighted by atomic mass is 10.0. The summed E-state index contributed by atoms with van der Waals surface area (Å²) in [6.07, 6.45) is 50.7. The highest BCUT2D eigenvalue weighted by molar-refractivity contribution is 7.47. The van der Waals surface area contributed by atoms with Gasteiger partial charge in [-0.05, 0) is 37.5 Å². The van der Waals surface area contributed by atoms with Crippen molar-refractivity contribution in [2.45, 2.75) is 387 Å². The second kappa shape index (κ2) is 64.1. The highest BCUT2D eigenvalue weighted by Crippen LogP contribution is 2.45. The molecule has 0 aromatic carbocycles. The smallest absolute Gasteiger partial charge is 0.462 e. The lowest BCUT2D eigenvalue weighted by Crippen LogP contribution is -2.30. The van der Waals surface area contributed by atoms with Crippen molar-refractivity contribution in [3.05, 3.63) is 0 Å². The fourth-order valence-electron chi connectivity index (χ4n) is 10.9. The summed E-state index contributed by atoms with van der Waals surface area (Å²) in [6.45, 7) is 9.40. The van der Waals surface area contributed by atoms with Gasteiger partial charge in [-0.3, -0.25) is 37.3 Å². The fraction of sp³-hybridized carbons (Fsp3) is 0.944. The number of esters is 4. The molecule has 0 bridgehead atoms. The Hall–Kier alpha value is -1.94. The lowest BCUT2D eigenvalue weighted by molar-refractivity contribution is -0.161. The van der Waals surface area contributed by atoms with Crippen molar-refractivity contribution in [1.29, 1.82) is 0 Å². The Kier molecular flexibility index (Phi) is 62.7. The van der Waals surface area contributed by atoms with E-state index in [0.717, 1.165) is 102 Å². The zero-order valence-electron chi connectivity index (χ0n) is 59.1. The van der Waals surface area contributed by atoms with Crippen molar-refractivity contribution in [3.63, 3.8) is 0 Å². The van der Waals surface area contributed by atoms with E-state index in [9.17, 15) is 43.2 Å². The summed E-state index contributed by atoms with van der Waals surface area (Å²) >= 11 is 0. The van der Waals surface area contributed by atoms with Crippen molar-refractivity contribution >= 4 is 39.5 Å². The zero-order chi connectivity index (χ0) is 67.2. The van der Waals surface area contributed by atoms with Crippen LogP contribution in [0.1, 0.15) is 369 Å². The maximum atomic E-state index is 13.1. The Morgan fingerprint density at radius 1 is 0.297 bits per heavy atom. The predicted octanol–water partition coefficient (Wildman–Crippen LogP) is 20.8. The minimum absolute atomic E-state index is 0.101. The Labute approximate surface area is 556 Å². The molecular formula is C72H140O17P2. The van der Waals surface area contributed by atoms with Crippen molar-refractivity contribution in [3.8, 4) is 0 Å². The number of carbonyl (C=O) groups is 4. The number of phosphoric acid groups is 2. The first kappa shape index (κ1) is 89.1. The molecule has 0 heterocycles. The van der Waals surface area contributed by atoms with Gasteiger partial charge in [0.15, 0.2) is 12.2 Å². The van der Waals surface area contributed by atoms with Gasteiger partial charge in [0, 0.05) is 25.7 Å². The van der Waals surface area contributed by atoms with Crippen molar-refractivity contribution in [2.24, 2.45) is 11.8 Å². The Morgan fingerprint density at radius 3 is 0.747 bits per heavy atom. The summed E-state index contributed by atoms with van der Waals surface area (Å²) in [5, 5.41) is 10.6. The zero-order valence-corrected chi connectivity index (χ0v) is 60.9. The standard InChI is InChI=1S/C72H140O17P2/c1-7-9-11-13-14-15-16-17-18-19-20-21-24-28-31-34-37-44-50-56-71(76)88-68(61-83-70(75)55-49-43-36-33-30-27-25-22-23-26-29-32-35-41-46-52-64(3)4)63-87-91(80,81)85-59-66(73)58-84-90(78,79)86-62-67(60-82-69(74)54-48-40-12-10-8-2)89-72(77)57-51-45-39-38-42-47-53-65(5)6/h64-68,73H,7-63H2,1-6H3,(H,78,79)(H,80,81)/t66-,67+,68+/m0/s1. The predicted molar refractivity (Wildman–Crippen MR) is 368 cm³/mol. The second-order valence-corrected chi connectivity index (χ2v) is 29.8. The molecule has 3 N–H and O–H groups in total. The molecular weight excluding hydrogens is 1200 g/mol. The highest BCUT2D eigenvalue weighted by Gasteiger charge is 2.30. The fourth-order valence-corrected chi connectivity index (χ4v) is 12.5. The van der Waals surface area contributed by atoms with E-state index < -0.39 is 97.5 Å². The van der Waals surface area contributed by atoms with Crippen LogP contribution in [0.25, 0.3) is 0 Å². The molecule has 0 amide bonds. The number of aliphatic hydroxyl groups is 1. The van der Waals surface area contributed by atoms with Crippen LogP contribution in [-0.2, 0) is 65.4 Å². The summed E-state index contributed by atoms with van der Waals surface area (Å²) < 4.78 is 68.1. The molecule has 19 heteroatoms. The summed E-state index contributed by atoms with van der Waals surface area (Å²) in [5.74, 6) is -0.661. The first-order valence-corrected chi connectivity index (χ1v) is 40.5. The number of rotatable bonds is 71. The monoisotopic (exact) mass is 1340 g/mol. The van der Waals surface area contributed by atoms with Gasteiger partial charge in [0.1, 0.15) is 19.3 Å². The lowest BCUT2D eigenvalue weighted by Gasteiger charge is -2.21. The number of unbranched alkanes of at least 4 members (excludes halogenated alkanes) is 41. The van der Waals surface area contributed by atoms with E-state index in [4.69, 9.17) is 37.0 Å². The van der Waals surface area contributed by atoms with Crippen molar-refractivity contribution in [2.75, 3.05) is 39.6 Å². The topological polar surface area (TPSA) is 237 Å². The molecule has 17 nitrogen and oxygen atoms in total. The molecule has 0 aromatic heterocycles. The number of carbonyl (C=O) groups excluding carboxylic acids is 4. The van der Waals surface area contributed by atoms with E-state index in [0.29, 0.717) is 31.6 Å². The summed E-state index contributed by atoms with van der Waals surface area (Å²) in [6, 6.07) is 0. The minimum Gasteiger partial charge on any atom is -0.462 e. The number of hydrogen-bond donors (Lipinski definition) is 3. The van der Waals surface area contributed by atoms with Crippen molar-refractivity contribution in [1.82, 2.24) is 0 Å². The van der Waals surface area contributed by atoms with Crippen LogP contribution in [0, 0.1) is 11.8 Å². The molecule has 0 saturated heterocycles. The number of ether oxygens (including phenoxy) is 4. The van der Waals surface area contributed by atoms with E-state index >= 15 is 0 Å². The SMILES string of the molecule is CCCCCCCCCCCCCCCCCCCCCC(=O)O[C@H](COC(=O)CCCCCCCCCCCCCCCCCC(C)C)COP(=O)(O)OC[C@@H](O)COP(=O)(O)OC[C@@H](COC(=O)CCCCCCC)OC(=O)CCCCCCCCC(C)C. The molecule has 2 unspecified atom stereocenters. The Bertz CT molecular complexity index is 1770. The molecule has 0 rings (SSSR count). The van der Waals surface area contributed by atoms with Gasteiger partial charge >= 0.3 is 39.5 Å². The molecule has 0 aliphatic carbocycles. The third kappa shape index (κ3) is 66.5. The normalized spacial score (nSPS) is 14.1. The molecule has 0 aromatic rings. The van der Waals surface area contributed by atoms with Gasteiger partial charge in [-0.2, -0.15) is 0 Å². The maximum Gasteiger partial charge on any atom is 0.472 e. The molecule has 5 atom stereocenters. The largest absolute Gasteiger partial charge is 0.472 e. The van der Waals surface area contributed by atoms with Gasteiger partial charge < -0.3 is 33.8 Å². The first-order chi connectivity index (χ1) is 43.9. The molecule has 0 saturated carbocycles. The molecule has 0 aliphatic rings. The third-order valence-electron chi connectivity index (χ3n) is 16.7. The molecule has 91 heavy (non-hydrogen) atoms. The van der Waals surface area contributed by atoms with Crippen LogP contribution in [0.2, 0.25) is 0 Å². The Balaban J connectivity index is 5.12. The Morgan fingerprint density at radius 2 is 0.505 bits per heavy atom. The van der Waals surface area contributed by atoms with Crippen LogP contribution in [0.15, 0.2) is 0 Å². The van der Waals surface area contributed by atoms with E-state index in [-0.39, 0.29) is 25.7 Å². The van der Waals surface area contributed by atoms with Gasteiger partial charge in [-0.1, -0.05) is 318 Å². The average Bonchev–Trinajstić information content (AvgIpc) is 3.31. The number of phosphoric ester groups is 2. The first-order valence-electron chi connectivity index (χ1n) is 37.5. The van der Waals surface area contributed by atoms with E-state index in [1.54, 1.807) is 0 Å². The van der Waals surface area contributed by atoms with E-state index in [2.05, 4.69) is 41.5 Å². The third-order valence-corrected chi connectivity index (χ3v) is 18.6. The minimum atomic E-state index is -4.95. The van der Waals surface area contributed by atoms with E-state index in [1.807, 2.05) is 0 Å². The van der Waals surface area contributed by atoms with E-state index in [1.165, 1.54) is 180 Å². The highest BCUT2D eigenvalue weighted by atomic mass is 31.2. The molecule has 0 fully saturated rings. The number of hydrogen-bond acceptors (Lipinski definition) is 15. The summed E-state index contributed by atoms with van der Waals surface area (Å²) in [7, 11) is -9.89. The maximum absolute atomic E-state index is 13.1. The van der Waals surface area contributed by atoms with Gasteiger partial charge in [0.05, 0.1) is 26.4 Å². The average molecular weight is 1340 g/mol. The van der Waals surface area contributed by atoms with Crippen LogP contribution in [0.3, 0.4) is 0 Å². The van der Waals surface area contributed by atoms with Crippen LogP contribution < -0.4 is 0 Å².